The molecule has 1 N–H and O–H groups in total. The van der Waals surface area contributed by atoms with Crippen LogP contribution in [0.3, 0.4) is 0 Å². The Bertz CT molecular complexity index is 586. The number of morpholine rings is 1. The van der Waals surface area contributed by atoms with Gasteiger partial charge in [0.15, 0.2) is 0 Å². The highest BCUT2D eigenvalue weighted by atomic mass is 16.5. The third-order valence-corrected chi connectivity index (χ3v) is 5.60. The normalized spacial score (nSPS) is 27.9. The number of rotatable bonds is 3. The van der Waals surface area contributed by atoms with E-state index in [1.807, 2.05) is 0 Å². The van der Waals surface area contributed by atoms with Crippen molar-refractivity contribution < 1.29 is 9.53 Å². The Labute approximate surface area is 144 Å². The number of hydrogen-bond donors (Lipinski definition) is 1. The largest absolute Gasteiger partial charge is 0.379 e. The molecule has 3 aliphatic rings. The van der Waals surface area contributed by atoms with Crippen molar-refractivity contribution in [2.24, 2.45) is 5.92 Å². The van der Waals surface area contributed by atoms with Crippen molar-refractivity contribution in [2.75, 3.05) is 45.9 Å². The zero-order chi connectivity index (χ0) is 16.4. The highest BCUT2D eigenvalue weighted by molar-refractivity contribution is 5.82. The van der Waals surface area contributed by atoms with Crippen molar-refractivity contribution in [3.63, 3.8) is 0 Å². The Kier molecular flexibility index (Phi) is 4.83. The van der Waals surface area contributed by atoms with Crippen LogP contribution in [0.25, 0.3) is 0 Å². The molecule has 2 unspecified atom stereocenters. The predicted molar refractivity (Wildman–Crippen MR) is 92.7 cm³/mol. The Hall–Kier alpha value is -1.43. The van der Waals surface area contributed by atoms with Gasteiger partial charge in [0, 0.05) is 39.3 Å². The molecule has 1 aromatic carbocycles. The van der Waals surface area contributed by atoms with E-state index >= 15 is 0 Å². The summed E-state index contributed by atoms with van der Waals surface area (Å²) in [4.78, 5) is 17.4. The summed E-state index contributed by atoms with van der Waals surface area (Å²) in [6.45, 7) is 7.49. The molecule has 5 nitrogen and oxygen atoms in total. The van der Waals surface area contributed by atoms with Crippen molar-refractivity contribution in [1.29, 1.82) is 0 Å². The first kappa shape index (κ1) is 16.1. The molecule has 0 aromatic heterocycles. The molecule has 0 aliphatic carbocycles. The van der Waals surface area contributed by atoms with Crippen LogP contribution in [0.1, 0.15) is 17.5 Å². The first-order chi connectivity index (χ1) is 11.8. The molecule has 2 atom stereocenters. The Morgan fingerprint density at radius 2 is 1.96 bits per heavy atom. The number of carbonyl (C=O) groups excluding carboxylic acids is 1. The van der Waals surface area contributed by atoms with E-state index in [0.29, 0.717) is 5.92 Å². The molecular weight excluding hydrogens is 302 g/mol. The Morgan fingerprint density at radius 3 is 2.79 bits per heavy atom. The Balaban J connectivity index is 1.31. The molecule has 0 spiro atoms. The zero-order valence-electron chi connectivity index (χ0n) is 14.2. The maximum absolute atomic E-state index is 12.9. The lowest BCUT2D eigenvalue weighted by Gasteiger charge is -2.30. The van der Waals surface area contributed by atoms with E-state index < -0.39 is 0 Å². The molecule has 2 fully saturated rings. The molecule has 3 heterocycles. The number of likely N-dealkylation sites (tertiary alicyclic amines) is 1. The van der Waals surface area contributed by atoms with Gasteiger partial charge < -0.3 is 15.0 Å². The summed E-state index contributed by atoms with van der Waals surface area (Å²) in [7, 11) is 0. The van der Waals surface area contributed by atoms with E-state index in [2.05, 4.69) is 39.4 Å². The number of fused-ring (bicyclic) bond motifs is 1. The van der Waals surface area contributed by atoms with Crippen LogP contribution in [0.15, 0.2) is 24.3 Å². The second-order valence-electron chi connectivity index (χ2n) is 7.26. The molecule has 1 amide bonds. The minimum Gasteiger partial charge on any atom is -0.379 e. The topological polar surface area (TPSA) is 44.8 Å². The molecule has 0 radical (unpaired) electrons. The standard InChI is InChI=1S/C19H27N3O2/c23-19(18-11-16-3-1-2-4-17(16)12-20-18)22-6-5-15(14-22)13-21-7-9-24-10-8-21/h1-4,15,18,20H,5-14H2. The maximum atomic E-state index is 12.9. The molecule has 2 saturated heterocycles. The fraction of sp³-hybridized carbons (Fsp3) is 0.632. The minimum absolute atomic E-state index is 0.0537. The van der Waals surface area contributed by atoms with Crippen LogP contribution in [-0.2, 0) is 22.5 Å². The van der Waals surface area contributed by atoms with Gasteiger partial charge in [-0.1, -0.05) is 24.3 Å². The third kappa shape index (κ3) is 3.48. The lowest BCUT2D eigenvalue weighted by atomic mass is 9.95. The number of nitrogens with one attached hydrogen (secondary N) is 1. The van der Waals surface area contributed by atoms with Crippen LogP contribution >= 0.6 is 0 Å². The summed E-state index contributed by atoms with van der Waals surface area (Å²) >= 11 is 0. The summed E-state index contributed by atoms with van der Waals surface area (Å²) in [5.74, 6) is 0.900. The number of nitrogens with zero attached hydrogens (tertiary/aromatic N) is 2. The second-order valence-corrected chi connectivity index (χ2v) is 7.26. The minimum atomic E-state index is -0.0537. The van der Waals surface area contributed by atoms with Crippen LogP contribution < -0.4 is 5.32 Å². The van der Waals surface area contributed by atoms with E-state index in [1.165, 1.54) is 11.1 Å². The highest BCUT2D eigenvalue weighted by Crippen LogP contribution is 2.22. The van der Waals surface area contributed by atoms with Gasteiger partial charge in [-0.05, 0) is 29.9 Å². The summed E-state index contributed by atoms with van der Waals surface area (Å²) in [5.41, 5.74) is 2.65. The van der Waals surface area contributed by atoms with Crippen molar-refractivity contribution in [1.82, 2.24) is 15.1 Å². The van der Waals surface area contributed by atoms with Crippen LogP contribution in [0.2, 0.25) is 0 Å². The summed E-state index contributed by atoms with van der Waals surface area (Å²) in [6.07, 6.45) is 1.95. The van der Waals surface area contributed by atoms with Gasteiger partial charge in [-0.2, -0.15) is 0 Å². The van der Waals surface area contributed by atoms with E-state index in [0.717, 1.165) is 65.3 Å². The van der Waals surface area contributed by atoms with Gasteiger partial charge in [-0.15, -0.1) is 0 Å². The summed E-state index contributed by atoms with van der Waals surface area (Å²) in [5, 5.41) is 3.43. The number of benzene rings is 1. The fourth-order valence-electron chi connectivity index (χ4n) is 4.18. The summed E-state index contributed by atoms with van der Waals surface area (Å²) in [6, 6.07) is 8.39. The van der Waals surface area contributed by atoms with Crippen LogP contribution in [0.4, 0.5) is 0 Å². The fourth-order valence-corrected chi connectivity index (χ4v) is 4.18. The van der Waals surface area contributed by atoms with Crippen LogP contribution in [0.5, 0.6) is 0 Å². The van der Waals surface area contributed by atoms with Gasteiger partial charge in [0.25, 0.3) is 0 Å². The molecule has 3 aliphatic heterocycles. The van der Waals surface area contributed by atoms with Gasteiger partial charge >= 0.3 is 0 Å². The monoisotopic (exact) mass is 329 g/mol. The number of amides is 1. The molecular formula is C19H27N3O2. The quantitative estimate of drug-likeness (QED) is 0.894. The van der Waals surface area contributed by atoms with Gasteiger partial charge in [0.05, 0.1) is 19.3 Å². The molecule has 5 heteroatoms. The molecule has 4 rings (SSSR count). The lowest BCUT2D eigenvalue weighted by Crippen LogP contribution is -2.49. The second kappa shape index (κ2) is 7.21. The molecule has 24 heavy (non-hydrogen) atoms. The zero-order valence-corrected chi connectivity index (χ0v) is 14.2. The van der Waals surface area contributed by atoms with Crippen molar-refractivity contribution in [3.8, 4) is 0 Å². The van der Waals surface area contributed by atoms with Crippen LogP contribution in [-0.4, -0.2) is 67.7 Å². The maximum Gasteiger partial charge on any atom is 0.240 e. The van der Waals surface area contributed by atoms with Crippen molar-refractivity contribution in [3.05, 3.63) is 35.4 Å². The van der Waals surface area contributed by atoms with E-state index in [9.17, 15) is 4.79 Å². The molecule has 0 saturated carbocycles. The van der Waals surface area contributed by atoms with Crippen molar-refractivity contribution in [2.45, 2.75) is 25.4 Å². The predicted octanol–water partition coefficient (Wildman–Crippen LogP) is 0.882. The van der Waals surface area contributed by atoms with Crippen molar-refractivity contribution >= 4 is 5.91 Å². The number of ether oxygens (including phenoxy) is 1. The number of hydrogen-bond acceptors (Lipinski definition) is 4. The lowest BCUT2D eigenvalue weighted by molar-refractivity contribution is -0.132. The van der Waals surface area contributed by atoms with Crippen LogP contribution in [0, 0.1) is 5.92 Å². The SMILES string of the molecule is O=C(C1Cc2ccccc2CN1)N1CCC(CN2CCOCC2)C1. The number of carbonyl (C=O) groups is 1. The van der Waals surface area contributed by atoms with Gasteiger partial charge in [0.1, 0.15) is 0 Å². The van der Waals surface area contributed by atoms with Gasteiger partial charge in [-0.25, -0.2) is 0 Å². The van der Waals surface area contributed by atoms with Gasteiger partial charge in [0.2, 0.25) is 5.91 Å². The smallest absolute Gasteiger partial charge is 0.240 e. The average Bonchev–Trinajstić information content (AvgIpc) is 3.10. The third-order valence-electron chi connectivity index (χ3n) is 5.60. The van der Waals surface area contributed by atoms with E-state index in [-0.39, 0.29) is 11.9 Å². The first-order valence-electron chi connectivity index (χ1n) is 9.18. The molecule has 0 bridgehead atoms. The highest BCUT2D eigenvalue weighted by Gasteiger charge is 2.33. The first-order valence-corrected chi connectivity index (χ1v) is 9.18. The van der Waals surface area contributed by atoms with Gasteiger partial charge in [-0.3, -0.25) is 9.69 Å². The summed E-state index contributed by atoms with van der Waals surface area (Å²) < 4.78 is 5.42. The molecule has 1 aromatic rings. The average molecular weight is 329 g/mol. The molecule has 130 valence electrons. The van der Waals surface area contributed by atoms with E-state index in [1.54, 1.807) is 0 Å². The Morgan fingerprint density at radius 1 is 1.17 bits per heavy atom. The van der Waals surface area contributed by atoms with E-state index in [4.69, 9.17) is 4.74 Å².